The van der Waals surface area contributed by atoms with Crippen molar-refractivity contribution in [3.05, 3.63) is 23.8 Å². The summed E-state index contributed by atoms with van der Waals surface area (Å²) in [6, 6.07) is 5.55. The van der Waals surface area contributed by atoms with Crippen LogP contribution in [-0.4, -0.2) is 34.1 Å². The summed E-state index contributed by atoms with van der Waals surface area (Å²) in [5.74, 6) is -0.616. The Morgan fingerprint density at radius 2 is 1.53 bits per heavy atom. The second-order valence-corrected chi connectivity index (χ2v) is 10.6. The topological polar surface area (TPSA) is 90.5 Å². The van der Waals surface area contributed by atoms with E-state index in [0.717, 1.165) is 62.7 Å². The summed E-state index contributed by atoms with van der Waals surface area (Å²) in [7, 11) is 0. The maximum atomic E-state index is 14.1. The van der Waals surface area contributed by atoms with Crippen LogP contribution >= 0.6 is 0 Å². The second-order valence-electron chi connectivity index (χ2n) is 10.6. The molecule has 1 aromatic carbocycles. The van der Waals surface area contributed by atoms with Gasteiger partial charge < -0.3 is 21.1 Å². The molecule has 1 aromatic rings. The molecule has 3 saturated carbocycles. The minimum absolute atomic E-state index is 0.119. The van der Waals surface area contributed by atoms with Gasteiger partial charge in [0, 0.05) is 17.5 Å². The van der Waals surface area contributed by atoms with Crippen molar-refractivity contribution in [1.82, 2.24) is 5.32 Å². The zero-order chi connectivity index (χ0) is 22.2. The third kappa shape index (κ3) is 3.75. The van der Waals surface area contributed by atoms with Gasteiger partial charge in [-0.15, -0.1) is 0 Å². The van der Waals surface area contributed by atoms with Crippen LogP contribution in [-0.2, 0) is 4.79 Å². The van der Waals surface area contributed by atoms with E-state index in [2.05, 4.69) is 16.0 Å². The van der Waals surface area contributed by atoms with E-state index in [0.29, 0.717) is 0 Å². The fourth-order valence-electron chi connectivity index (χ4n) is 7.10. The van der Waals surface area contributed by atoms with E-state index in [4.69, 9.17) is 0 Å². The van der Waals surface area contributed by atoms with Gasteiger partial charge in [-0.25, -0.2) is 4.79 Å². The minimum Gasteiger partial charge on any atom is -0.478 e. The monoisotopic (exact) mass is 439 g/mol. The molecular formula is C26H37N3O3. The van der Waals surface area contributed by atoms with Crippen molar-refractivity contribution < 1.29 is 14.7 Å². The standard InChI is InChI=1S/C26H37N3O3/c30-23(31)18-12-13-20-21(17-18)29-26(24(32)27-19-9-3-1-4-10-19)16-8-5-11-22(26)25(28-20)14-6-2-7-15-25/h12-13,17,19,22,28-29H,1-11,14-16H2,(H,27,32)(H,30,31)/t22-,26+/m0/s1. The Morgan fingerprint density at radius 1 is 0.844 bits per heavy atom. The van der Waals surface area contributed by atoms with Crippen LogP contribution in [0.25, 0.3) is 0 Å². The van der Waals surface area contributed by atoms with Gasteiger partial charge in [-0.3, -0.25) is 4.79 Å². The fourth-order valence-corrected chi connectivity index (χ4v) is 7.10. The number of benzene rings is 1. The largest absolute Gasteiger partial charge is 0.478 e. The Hall–Kier alpha value is -2.24. The number of aromatic carboxylic acids is 1. The average Bonchev–Trinajstić information content (AvgIpc) is 2.93. The molecule has 5 rings (SSSR count). The van der Waals surface area contributed by atoms with Crippen LogP contribution in [0.3, 0.4) is 0 Å². The predicted octanol–water partition coefficient (Wildman–Crippen LogP) is 5.30. The lowest BCUT2D eigenvalue weighted by molar-refractivity contribution is -0.131. The zero-order valence-electron chi connectivity index (χ0n) is 19.0. The summed E-state index contributed by atoms with van der Waals surface area (Å²) in [6.45, 7) is 0. The Morgan fingerprint density at radius 3 is 2.28 bits per heavy atom. The van der Waals surface area contributed by atoms with Gasteiger partial charge in [0.1, 0.15) is 5.54 Å². The first-order chi connectivity index (χ1) is 15.5. The Labute approximate surface area is 190 Å². The SMILES string of the molecule is O=C(O)c1ccc2c(c1)N[C@]1(C(=O)NC3CCCCC3)CCCC[C@H]1C1(CCCCC1)N2. The smallest absolute Gasteiger partial charge is 0.335 e. The van der Waals surface area contributed by atoms with E-state index in [1.807, 2.05) is 6.07 Å². The summed E-state index contributed by atoms with van der Waals surface area (Å²) < 4.78 is 0. The van der Waals surface area contributed by atoms with Crippen LogP contribution in [0.2, 0.25) is 0 Å². The highest BCUT2D eigenvalue weighted by Crippen LogP contribution is 2.52. The normalized spacial score (nSPS) is 29.6. The summed E-state index contributed by atoms with van der Waals surface area (Å²) in [6.07, 6.45) is 15.5. The van der Waals surface area contributed by atoms with E-state index in [1.54, 1.807) is 12.1 Å². The van der Waals surface area contributed by atoms with Crippen molar-refractivity contribution in [2.24, 2.45) is 5.92 Å². The number of carboxylic acids is 1. The Balaban J connectivity index is 1.58. The number of carbonyl (C=O) groups is 2. The molecule has 3 aliphatic carbocycles. The average molecular weight is 440 g/mol. The summed E-state index contributed by atoms with van der Waals surface area (Å²) in [4.78, 5) is 25.8. The molecule has 0 radical (unpaired) electrons. The molecule has 32 heavy (non-hydrogen) atoms. The van der Waals surface area contributed by atoms with Crippen molar-refractivity contribution in [3.8, 4) is 0 Å². The first-order valence-electron chi connectivity index (χ1n) is 12.8. The first kappa shape index (κ1) is 21.6. The number of hydrogen-bond acceptors (Lipinski definition) is 4. The molecule has 6 heteroatoms. The number of fused-ring (bicyclic) bond motifs is 3. The number of nitrogens with one attached hydrogen (secondary N) is 3. The van der Waals surface area contributed by atoms with Gasteiger partial charge in [0.05, 0.1) is 16.9 Å². The number of carboxylic acid groups (broad SMARTS) is 1. The number of hydrogen-bond donors (Lipinski definition) is 4. The molecule has 1 amide bonds. The highest BCUT2D eigenvalue weighted by Gasteiger charge is 2.58. The van der Waals surface area contributed by atoms with Crippen LogP contribution in [0.4, 0.5) is 11.4 Å². The van der Waals surface area contributed by atoms with Crippen molar-refractivity contribution in [2.75, 3.05) is 10.6 Å². The van der Waals surface area contributed by atoms with E-state index >= 15 is 0 Å². The lowest BCUT2D eigenvalue weighted by atomic mass is 9.59. The number of carbonyl (C=O) groups excluding carboxylic acids is 1. The maximum absolute atomic E-state index is 14.1. The van der Waals surface area contributed by atoms with Gasteiger partial charge in [-0.05, 0) is 56.7 Å². The maximum Gasteiger partial charge on any atom is 0.335 e. The molecule has 1 heterocycles. The highest BCUT2D eigenvalue weighted by molar-refractivity contribution is 5.95. The van der Waals surface area contributed by atoms with Crippen LogP contribution in [0.15, 0.2) is 18.2 Å². The number of anilines is 2. The van der Waals surface area contributed by atoms with Gasteiger partial charge >= 0.3 is 5.97 Å². The third-order valence-corrected chi connectivity index (χ3v) is 8.68. The van der Waals surface area contributed by atoms with Crippen molar-refractivity contribution in [1.29, 1.82) is 0 Å². The number of amides is 1. The van der Waals surface area contributed by atoms with E-state index < -0.39 is 11.5 Å². The van der Waals surface area contributed by atoms with Crippen molar-refractivity contribution >= 4 is 23.3 Å². The van der Waals surface area contributed by atoms with Crippen molar-refractivity contribution in [3.63, 3.8) is 0 Å². The molecule has 0 aromatic heterocycles. The zero-order valence-corrected chi connectivity index (χ0v) is 19.0. The molecule has 0 bridgehead atoms. The van der Waals surface area contributed by atoms with E-state index in [9.17, 15) is 14.7 Å². The lowest BCUT2D eigenvalue weighted by Crippen LogP contribution is -2.66. The summed E-state index contributed by atoms with van der Waals surface area (Å²) in [5.41, 5.74) is 1.15. The van der Waals surface area contributed by atoms with Gasteiger partial charge in [0.15, 0.2) is 0 Å². The predicted molar refractivity (Wildman–Crippen MR) is 126 cm³/mol. The molecule has 6 nitrogen and oxygen atoms in total. The molecule has 2 atom stereocenters. The molecule has 3 fully saturated rings. The molecular weight excluding hydrogens is 402 g/mol. The number of rotatable bonds is 3. The van der Waals surface area contributed by atoms with Crippen LogP contribution in [0.5, 0.6) is 0 Å². The second kappa shape index (κ2) is 8.60. The summed E-state index contributed by atoms with van der Waals surface area (Å²) in [5, 5.41) is 20.6. The molecule has 0 unspecified atom stereocenters. The Kier molecular flexibility index (Phi) is 5.81. The van der Waals surface area contributed by atoms with Gasteiger partial charge in [0.2, 0.25) is 5.91 Å². The van der Waals surface area contributed by atoms with Crippen LogP contribution in [0, 0.1) is 5.92 Å². The molecule has 174 valence electrons. The van der Waals surface area contributed by atoms with E-state index in [-0.39, 0.29) is 29.0 Å². The quantitative estimate of drug-likeness (QED) is 0.513. The molecule has 4 aliphatic rings. The van der Waals surface area contributed by atoms with Crippen molar-refractivity contribution in [2.45, 2.75) is 107 Å². The first-order valence-corrected chi connectivity index (χ1v) is 12.8. The minimum atomic E-state index is -0.938. The molecule has 1 spiro atoms. The lowest BCUT2D eigenvalue weighted by Gasteiger charge is -2.53. The highest BCUT2D eigenvalue weighted by atomic mass is 16.4. The van der Waals surface area contributed by atoms with E-state index in [1.165, 1.54) is 38.5 Å². The molecule has 0 saturated heterocycles. The summed E-state index contributed by atoms with van der Waals surface area (Å²) >= 11 is 0. The van der Waals surface area contributed by atoms with Gasteiger partial charge in [-0.1, -0.05) is 51.4 Å². The third-order valence-electron chi connectivity index (χ3n) is 8.68. The van der Waals surface area contributed by atoms with Gasteiger partial charge in [-0.2, -0.15) is 0 Å². The fraction of sp³-hybridized carbons (Fsp3) is 0.692. The van der Waals surface area contributed by atoms with Crippen LogP contribution in [0.1, 0.15) is 100 Å². The van der Waals surface area contributed by atoms with Crippen LogP contribution < -0.4 is 16.0 Å². The van der Waals surface area contributed by atoms with Gasteiger partial charge in [0.25, 0.3) is 0 Å². The Bertz CT molecular complexity index is 873. The molecule has 1 aliphatic heterocycles. The molecule has 4 N–H and O–H groups in total.